The maximum atomic E-state index is 6.37. The number of hydrogen-bond donors (Lipinski definition) is 0. The van der Waals surface area contributed by atoms with E-state index in [4.69, 9.17) is 27.9 Å². The quantitative estimate of drug-likeness (QED) is 0.554. The zero-order valence-corrected chi connectivity index (χ0v) is 12.1. The maximum absolute atomic E-state index is 6.37. The molecule has 2 aromatic rings. The molecule has 0 bridgehead atoms. The van der Waals surface area contributed by atoms with Crippen LogP contribution in [-0.4, -0.2) is 7.11 Å². The van der Waals surface area contributed by atoms with E-state index in [1.165, 1.54) is 0 Å². The van der Waals surface area contributed by atoms with E-state index in [1.807, 2.05) is 48.5 Å². The summed E-state index contributed by atoms with van der Waals surface area (Å²) < 4.78 is 4.99. The lowest BCUT2D eigenvalue weighted by Crippen LogP contribution is -1.87. The van der Waals surface area contributed by atoms with Crippen molar-refractivity contribution in [3.63, 3.8) is 0 Å². The Morgan fingerprint density at radius 2 is 1.61 bits per heavy atom. The first-order valence-electron chi connectivity index (χ1n) is 5.39. The fraction of sp³-hybridized carbons (Fsp3) is 0.143. The zero-order valence-electron chi connectivity index (χ0n) is 9.77. The van der Waals surface area contributed by atoms with Crippen molar-refractivity contribution in [2.24, 2.45) is 0 Å². The van der Waals surface area contributed by atoms with Crippen LogP contribution in [0.5, 0.6) is 5.75 Å². The van der Waals surface area contributed by atoms with Crippen molar-refractivity contribution < 1.29 is 4.74 Å². The molecule has 1 nitrogen and oxygen atoms in total. The van der Waals surface area contributed by atoms with Gasteiger partial charge < -0.3 is 4.74 Å². The molecule has 0 radical (unpaired) electrons. The van der Waals surface area contributed by atoms with Crippen molar-refractivity contribution in [2.45, 2.75) is 9.60 Å². The first kappa shape index (κ1) is 13.6. The molecule has 0 spiro atoms. The lowest BCUT2D eigenvalue weighted by atomic mass is 10.2. The van der Waals surface area contributed by atoms with Gasteiger partial charge in [0, 0.05) is 9.92 Å². The van der Waals surface area contributed by atoms with Crippen LogP contribution < -0.4 is 4.74 Å². The SMILES string of the molecule is COc1ccc(C(Cl)Sc2ccc(Cl)cc2)cc1. The summed E-state index contributed by atoms with van der Waals surface area (Å²) in [7, 11) is 1.65. The van der Waals surface area contributed by atoms with Crippen molar-refractivity contribution in [3.8, 4) is 5.75 Å². The van der Waals surface area contributed by atoms with Crippen molar-refractivity contribution in [1.82, 2.24) is 0 Å². The van der Waals surface area contributed by atoms with Crippen LogP contribution in [0, 0.1) is 0 Å². The lowest BCUT2D eigenvalue weighted by Gasteiger charge is -2.10. The highest BCUT2D eigenvalue weighted by atomic mass is 35.5. The Morgan fingerprint density at radius 3 is 2.17 bits per heavy atom. The van der Waals surface area contributed by atoms with E-state index in [1.54, 1.807) is 18.9 Å². The predicted octanol–water partition coefficient (Wildman–Crippen LogP) is 5.38. The van der Waals surface area contributed by atoms with Crippen molar-refractivity contribution in [1.29, 1.82) is 0 Å². The Labute approximate surface area is 121 Å². The molecule has 18 heavy (non-hydrogen) atoms. The van der Waals surface area contributed by atoms with E-state index in [2.05, 4.69) is 0 Å². The minimum absolute atomic E-state index is 0.128. The second-order valence-corrected chi connectivity index (χ2v) is 5.97. The average molecular weight is 299 g/mol. The maximum Gasteiger partial charge on any atom is 0.118 e. The van der Waals surface area contributed by atoms with Gasteiger partial charge in [0.15, 0.2) is 0 Å². The van der Waals surface area contributed by atoms with E-state index in [9.17, 15) is 0 Å². The molecule has 1 atom stereocenters. The summed E-state index contributed by atoms with van der Waals surface area (Å²) in [5, 5.41) is 0.731. The number of thioether (sulfide) groups is 1. The fourth-order valence-electron chi connectivity index (χ4n) is 1.46. The topological polar surface area (TPSA) is 9.23 Å². The lowest BCUT2D eigenvalue weighted by molar-refractivity contribution is 0.414. The summed E-state index contributed by atoms with van der Waals surface area (Å²) >= 11 is 13.8. The van der Waals surface area contributed by atoms with E-state index in [0.29, 0.717) is 0 Å². The molecule has 2 aromatic carbocycles. The van der Waals surface area contributed by atoms with Crippen LogP contribution in [0.3, 0.4) is 0 Å². The summed E-state index contributed by atoms with van der Waals surface area (Å²) in [6.07, 6.45) is 0. The van der Waals surface area contributed by atoms with Crippen LogP contribution >= 0.6 is 35.0 Å². The highest BCUT2D eigenvalue weighted by Crippen LogP contribution is 2.39. The molecule has 4 heteroatoms. The van der Waals surface area contributed by atoms with Gasteiger partial charge in [-0.3, -0.25) is 0 Å². The molecule has 0 aliphatic rings. The third-order valence-corrected chi connectivity index (χ3v) is 4.23. The molecule has 94 valence electrons. The van der Waals surface area contributed by atoms with Crippen LogP contribution in [0.2, 0.25) is 5.02 Å². The Hall–Kier alpha value is -0.830. The minimum atomic E-state index is -0.128. The minimum Gasteiger partial charge on any atom is -0.497 e. The number of halogens is 2. The first-order valence-corrected chi connectivity index (χ1v) is 7.08. The Morgan fingerprint density at radius 1 is 1.00 bits per heavy atom. The summed E-state index contributed by atoms with van der Waals surface area (Å²) in [6.45, 7) is 0. The molecule has 0 aromatic heterocycles. The molecule has 0 saturated carbocycles. The Balaban J connectivity index is 2.06. The number of ether oxygens (including phenoxy) is 1. The zero-order chi connectivity index (χ0) is 13.0. The van der Waals surface area contributed by atoms with Gasteiger partial charge in [-0.25, -0.2) is 0 Å². The summed E-state index contributed by atoms with van der Waals surface area (Å²) in [5.74, 6) is 0.833. The summed E-state index contributed by atoms with van der Waals surface area (Å²) in [6, 6.07) is 15.4. The largest absolute Gasteiger partial charge is 0.497 e. The van der Waals surface area contributed by atoms with Crippen molar-refractivity contribution in [3.05, 3.63) is 59.1 Å². The second kappa shape index (κ2) is 6.37. The van der Waals surface area contributed by atoms with Gasteiger partial charge >= 0.3 is 0 Å². The van der Waals surface area contributed by atoms with Crippen LogP contribution in [0.25, 0.3) is 0 Å². The van der Waals surface area contributed by atoms with Crippen LogP contribution in [0.15, 0.2) is 53.4 Å². The molecular weight excluding hydrogens is 287 g/mol. The van der Waals surface area contributed by atoms with Crippen LogP contribution in [0.1, 0.15) is 10.3 Å². The van der Waals surface area contributed by atoms with Crippen molar-refractivity contribution in [2.75, 3.05) is 7.11 Å². The number of benzene rings is 2. The molecule has 0 N–H and O–H groups in total. The monoisotopic (exact) mass is 298 g/mol. The van der Waals surface area contributed by atoms with Gasteiger partial charge in [-0.15, -0.1) is 23.4 Å². The predicted molar refractivity (Wildman–Crippen MR) is 78.9 cm³/mol. The fourth-order valence-corrected chi connectivity index (χ4v) is 2.86. The van der Waals surface area contributed by atoms with Gasteiger partial charge in [-0.1, -0.05) is 23.7 Å². The van der Waals surface area contributed by atoms with Gasteiger partial charge in [0.25, 0.3) is 0 Å². The van der Waals surface area contributed by atoms with Gasteiger partial charge in [-0.05, 0) is 42.0 Å². The average Bonchev–Trinajstić information content (AvgIpc) is 2.41. The molecule has 0 aliphatic heterocycles. The number of methoxy groups -OCH3 is 1. The highest BCUT2D eigenvalue weighted by molar-refractivity contribution is 8.00. The molecular formula is C14H12Cl2OS. The summed E-state index contributed by atoms with van der Waals surface area (Å²) in [5.41, 5.74) is 1.05. The molecule has 0 fully saturated rings. The normalized spacial score (nSPS) is 12.2. The molecule has 0 aliphatic carbocycles. The summed E-state index contributed by atoms with van der Waals surface area (Å²) in [4.78, 5) is 1.09. The Bertz CT molecular complexity index is 496. The van der Waals surface area contributed by atoms with Gasteiger partial charge in [0.1, 0.15) is 10.5 Å². The molecule has 0 amide bonds. The first-order chi connectivity index (χ1) is 8.69. The van der Waals surface area contributed by atoms with Crippen LogP contribution in [-0.2, 0) is 0 Å². The molecule has 0 saturated heterocycles. The van der Waals surface area contributed by atoms with Gasteiger partial charge in [0.05, 0.1) is 7.11 Å². The Kier molecular flexibility index (Phi) is 4.81. The smallest absolute Gasteiger partial charge is 0.118 e. The second-order valence-electron chi connectivity index (χ2n) is 3.66. The van der Waals surface area contributed by atoms with Gasteiger partial charge in [-0.2, -0.15) is 0 Å². The van der Waals surface area contributed by atoms with E-state index < -0.39 is 0 Å². The number of hydrogen-bond acceptors (Lipinski definition) is 2. The molecule has 0 heterocycles. The number of rotatable bonds is 4. The third-order valence-electron chi connectivity index (χ3n) is 2.43. The standard InChI is InChI=1S/C14H12Cl2OS/c1-17-12-6-2-10(3-7-12)14(16)18-13-8-4-11(15)5-9-13/h2-9,14H,1H3. The molecule has 1 unspecified atom stereocenters. The van der Waals surface area contributed by atoms with E-state index in [0.717, 1.165) is 21.2 Å². The van der Waals surface area contributed by atoms with Crippen LogP contribution in [0.4, 0.5) is 0 Å². The van der Waals surface area contributed by atoms with E-state index >= 15 is 0 Å². The van der Waals surface area contributed by atoms with E-state index in [-0.39, 0.29) is 4.71 Å². The third kappa shape index (κ3) is 3.58. The van der Waals surface area contributed by atoms with Crippen molar-refractivity contribution >= 4 is 35.0 Å². The van der Waals surface area contributed by atoms with Gasteiger partial charge in [0.2, 0.25) is 0 Å². The number of alkyl halides is 1. The highest BCUT2D eigenvalue weighted by Gasteiger charge is 2.09. The molecule has 2 rings (SSSR count).